The standard InChI is InChI=1S/C10H17N3O2/c14-9-7-8(10(15)12-9)11-3-6-13-4-1-2-5-13/h8,11H,1-7H2,(H,12,14,15). The molecule has 2 aliphatic rings. The van der Waals surface area contributed by atoms with Gasteiger partial charge in [-0.25, -0.2) is 0 Å². The Morgan fingerprint density at radius 1 is 1.33 bits per heavy atom. The Morgan fingerprint density at radius 2 is 2.07 bits per heavy atom. The summed E-state index contributed by atoms with van der Waals surface area (Å²) in [6.07, 6.45) is 2.85. The number of carbonyl (C=O) groups is 2. The fourth-order valence-corrected chi connectivity index (χ4v) is 2.12. The Kier molecular flexibility index (Phi) is 3.33. The van der Waals surface area contributed by atoms with Crippen LogP contribution in [-0.4, -0.2) is 48.9 Å². The van der Waals surface area contributed by atoms with Gasteiger partial charge < -0.3 is 10.2 Å². The van der Waals surface area contributed by atoms with E-state index in [1.165, 1.54) is 12.8 Å². The quantitative estimate of drug-likeness (QED) is 0.591. The van der Waals surface area contributed by atoms with E-state index in [0.29, 0.717) is 6.42 Å². The normalized spacial score (nSPS) is 27.3. The summed E-state index contributed by atoms with van der Waals surface area (Å²) in [6.45, 7) is 4.08. The van der Waals surface area contributed by atoms with Crippen LogP contribution in [0.4, 0.5) is 0 Å². The number of likely N-dealkylation sites (tertiary alicyclic amines) is 1. The predicted octanol–water partition coefficient (Wildman–Crippen LogP) is -0.913. The molecular formula is C10H17N3O2. The van der Waals surface area contributed by atoms with Gasteiger partial charge in [0.25, 0.3) is 0 Å². The van der Waals surface area contributed by atoms with E-state index in [9.17, 15) is 9.59 Å². The summed E-state index contributed by atoms with van der Waals surface area (Å²) >= 11 is 0. The smallest absolute Gasteiger partial charge is 0.244 e. The van der Waals surface area contributed by atoms with Crippen molar-refractivity contribution >= 4 is 11.8 Å². The van der Waals surface area contributed by atoms with Gasteiger partial charge in [0.1, 0.15) is 0 Å². The van der Waals surface area contributed by atoms with Gasteiger partial charge in [-0.1, -0.05) is 0 Å². The van der Waals surface area contributed by atoms with Gasteiger partial charge in [-0.15, -0.1) is 0 Å². The lowest BCUT2D eigenvalue weighted by atomic mass is 10.2. The Bertz CT molecular complexity index is 261. The van der Waals surface area contributed by atoms with Crippen LogP contribution in [0.2, 0.25) is 0 Å². The Hall–Kier alpha value is -0.940. The molecule has 2 saturated heterocycles. The third-order valence-corrected chi connectivity index (χ3v) is 2.99. The minimum absolute atomic E-state index is 0.168. The lowest BCUT2D eigenvalue weighted by Gasteiger charge is -2.16. The Balaban J connectivity index is 1.65. The summed E-state index contributed by atoms with van der Waals surface area (Å²) < 4.78 is 0. The van der Waals surface area contributed by atoms with Crippen molar-refractivity contribution < 1.29 is 9.59 Å². The maximum absolute atomic E-state index is 11.2. The average molecular weight is 211 g/mol. The van der Waals surface area contributed by atoms with Crippen LogP contribution >= 0.6 is 0 Å². The Morgan fingerprint density at radius 3 is 2.67 bits per heavy atom. The van der Waals surface area contributed by atoms with Crippen LogP contribution in [0, 0.1) is 0 Å². The minimum Gasteiger partial charge on any atom is -0.304 e. The van der Waals surface area contributed by atoms with Crippen LogP contribution in [0.25, 0.3) is 0 Å². The zero-order valence-electron chi connectivity index (χ0n) is 8.79. The predicted molar refractivity (Wildman–Crippen MR) is 55.2 cm³/mol. The van der Waals surface area contributed by atoms with Gasteiger partial charge >= 0.3 is 0 Å². The summed E-state index contributed by atoms with van der Waals surface area (Å²) in [7, 11) is 0. The van der Waals surface area contributed by atoms with Crippen molar-refractivity contribution in [3.63, 3.8) is 0 Å². The molecule has 0 aromatic rings. The van der Waals surface area contributed by atoms with Gasteiger partial charge in [-0.3, -0.25) is 14.9 Å². The van der Waals surface area contributed by atoms with Gasteiger partial charge in [0.15, 0.2) is 0 Å². The van der Waals surface area contributed by atoms with E-state index >= 15 is 0 Å². The highest BCUT2D eigenvalue weighted by Crippen LogP contribution is 2.06. The SMILES string of the molecule is O=C1CC(NCCN2CCCC2)C(=O)N1. The molecule has 0 bridgehead atoms. The lowest BCUT2D eigenvalue weighted by Crippen LogP contribution is -2.40. The highest BCUT2D eigenvalue weighted by molar-refractivity contribution is 6.05. The van der Waals surface area contributed by atoms with Crippen LogP contribution in [0.5, 0.6) is 0 Å². The average Bonchev–Trinajstić information content (AvgIpc) is 2.77. The molecule has 0 aliphatic carbocycles. The van der Waals surface area contributed by atoms with Crippen LogP contribution in [0.15, 0.2) is 0 Å². The third-order valence-electron chi connectivity index (χ3n) is 2.99. The highest BCUT2D eigenvalue weighted by Gasteiger charge is 2.29. The molecule has 2 N–H and O–H groups in total. The fourth-order valence-electron chi connectivity index (χ4n) is 2.12. The van der Waals surface area contributed by atoms with Crippen molar-refractivity contribution in [2.24, 2.45) is 0 Å². The molecule has 2 fully saturated rings. The number of imide groups is 1. The van der Waals surface area contributed by atoms with E-state index < -0.39 is 0 Å². The maximum Gasteiger partial charge on any atom is 0.244 e. The van der Waals surface area contributed by atoms with E-state index in [0.717, 1.165) is 26.2 Å². The maximum atomic E-state index is 11.2. The van der Waals surface area contributed by atoms with E-state index in [-0.39, 0.29) is 17.9 Å². The first-order chi connectivity index (χ1) is 7.25. The number of nitrogens with zero attached hydrogens (tertiary/aromatic N) is 1. The number of carbonyl (C=O) groups excluding carboxylic acids is 2. The molecule has 0 radical (unpaired) electrons. The molecule has 0 aromatic carbocycles. The number of nitrogens with one attached hydrogen (secondary N) is 2. The van der Waals surface area contributed by atoms with Gasteiger partial charge in [0.2, 0.25) is 11.8 Å². The zero-order valence-corrected chi connectivity index (χ0v) is 8.79. The van der Waals surface area contributed by atoms with Gasteiger partial charge in [0.05, 0.1) is 12.5 Å². The summed E-state index contributed by atoms with van der Waals surface area (Å²) in [6, 6.07) is -0.305. The summed E-state index contributed by atoms with van der Waals surface area (Å²) in [4.78, 5) is 24.5. The second kappa shape index (κ2) is 4.72. The molecule has 1 atom stereocenters. The van der Waals surface area contributed by atoms with Gasteiger partial charge in [-0.2, -0.15) is 0 Å². The molecule has 5 nitrogen and oxygen atoms in total. The molecular weight excluding hydrogens is 194 g/mol. The second-order valence-corrected chi connectivity index (χ2v) is 4.17. The molecule has 0 aromatic heterocycles. The van der Waals surface area contributed by atoms with Crippen molar-refractivity contribution in [2.75, 3.05) is 26.2 Å². The monoisotopic (exact) mass is 211 g/mol. The number of hydrogen-bond acceptors (Lipinski definition) is 4. The lowest BCUT2D eigenvalue weighted by molar-refractivity contribution is -0.125. The van der Waals surface area contributed by atoms with Crippen molar-refractivity contribution in [1.29, 1.82) is 0 Å². The summed E-state index contributed by atoms with van der Waals surface area (Å²) in [5, 5.41) is 5.41. The van der Waals surface area contributed by atoms with Gasteiger partial charge in [-0.05, 0) is 25.9 Å². The summed E-state index contributed by atoms with van der Waals surface area (Å²) in [5.41, 5.74) is 0. The first-order valence-corrected chi connectivity index (χ1v) is 5.55. The molecule has 5 heteroatoms. The van der Waals surface area contributed by atoms with E-state index in [2.05, 4.69) is 15.5 Å². The fraction of sp³-hybridized carbons (Fsp3) is 0.800. The van der Waals surface area contributed by atoms with Crippen molar-refractivity contribution in [1.82, 2.24) is 15.5 Å². The van der Waals surface area contributed by atoms with E-state index in [1.54, 1.807) is 0 Å². The number of rotatable bonds is 4. The van der Waals surface area contributed by atoms with Crippen molar-refractivity contribution in [3.05, 3.63) is 0 Å². The molecule has 84 valence electrons. The topological polar surface area (TPSA) is 61.4 Å². The van der Waals surface area contributed by atoms with Crippen LogP contribution in [0.3, 0.4) is 0 Å². The third kappa shape index (κ3) is 2.76. The molecule has 2 aliphatic heterocycles. The Labute approximate surface area is 89.2 Å². The largest absolute Gasteiger partial charge is 0.304 e. The zero-order chi connectivity index (χ0) is 10.7. The molecule has 2 heterocycles. The van der Waals surface area contributed by atoms with Crippen LogP contribution < -0.4 is 10.6 Å². The van der Waals surface area contributed by atoms with E-state index in [4.69, 9.17) is 0 Å². The molecule has 0 spiro atoms. The number of hydrogen-bond donors (Lipinski definition) is 2. The molecule has 1 unspecified atom stereocenters. The molecule has 2 amide bonds. The molecule has 0 saturated carbocycles. The van der Waals surface area contributed by atoms with Crippen LogP contribution in [-0.2, 0) is 9.59 Å². The minimum atomic E-state index is -0.305. The van der Waals surface area contributed by atoms with Crippen molar-refractivity contribution in [3.8, 4) is 0 Å². The van der Waals surface area contributed by atoms with Gasteiger partial charge in [0, 0.05) is 13.1 Å². The number of amides is 2. The van der Waals surface area contributed by atoms with Crippen molar-refractivity contribution in [2.45, 2.75) is 25.3 Å². The van der Waals surface area contributed by atoms with E-state index in [1.807, 2.05) is 0 Å². The summed E-state index contributed by atoms with van der Waals surface area (Å²) in [5.74, 6) is -0.347. The first-order valence-electron chi connectivity index (χ1n) is 5.55. The highest BCUT2D eigenvalue weighted by atomic mass is 16.2. The molecule has 15 heavy (non-hydrogen) atoms. The first kappa shape index (κ1) is 10.6. The molecule has 2 rings (SSSR count). The van der Waals surface area contributed by atoms with Crippen LogP contribution in [0.1, 0.15) is 19.3 Å². The second-order valence-electron chi connectivity index (χ2n) is 4.17.